The summed E-state index contributed by atoms with van der Waals surface area (Å²) in [7, 11) is -0.417. The van der Waals surface area contributed by atoms with Gasteiger partial charge in [-0.15, -0.1) is 0 Å². The summed E-state index contributed by atoms with van der Waals surface area (Å²) in [5, 5.41) is -0.861. The zero-order valence-electron chi connectivity index (χ0n) is 8.36. The summed E-state index contributed by atoms with van der Waals surface area (Å²) in [4.78, 5) is 0. The Kier molecular flexibility index (Phi) is 2.85. The van der Waals surface area contributed by atoms with Gasteiger partial charge in [-0.1, -0.05) is 0 Å². The van der Waals surface area contributed by atoms with Gasteiger partial charge in [0.25, 0.3) is 0 Å². The van der Waals surface area contributed by atoms with Crippen molar-refractivity contribution in [1.82, 2.24) is 0 Å². The lowest BCUT2D eigenvalue weighted by Crippen LogP contribution is -2.25. The molecule has 1 unspecified atom stereocenters. The van der Waals surface area contributed by atoms with Crippen molar-refractivity contribution in [3.63, 3.8) is 0 Å². The third-order valence-corrected chi connectivity index (χ3v) is 4.60. The Morgan fingerprint density at radius 3 is 2.38 bits per heavy atom. The monoisotopic (exact) mass is 206 g/mol. The number of rotatable bonds is 3. The van der Waals surface area contributed by atoms with Crippen LogP contribution >= 0.6 is 7.60 Å². The third-order valence-electron chi connectivity index (χ3n) is 2.21. The predicted octanol–water partition coefficient (Wildman–Crippen LogP) is 2.51. The molecule has 1 rings (SSSR count). The van der Waals surface area contributed by atoms with Crippen LogP contribution in [0.2, 0.25) is 0 Å². The van der Waals surface area contributed by atoms with Crippen molar-refractivity contribution in [1.29, 1.82) is 0 Å². The highest BCUT2D eigenvalue weighted by atomic mass is 31.2. The van der Waals surface area contributed by atoms with Gasteiger partial charge in [0, 0.05) is 20.6 Å². The lowest BCUT2D eigenvalue weighted by atomic mass is 10.3. The molecule has 0 aromatic carbocycles. The summed E-state index contributed by atoms with van der Waals surface area (Å²) >= 11 is 0. The van der Waals surface area contributed by atoms with Crippen LogP contribution in [0.1, 0.15) is 20.3 Å². The summed E-state index contributed by atoms with van der Waals surface area (Å²) < 4.78 is 27.3. The van der Waals surface area contributed by atoms with E-state index in [4.69, 9.17) is 13.8 Å². The first kappa shape index (κ1) is 10.8. The normalized spacial score (nSPS) is 28.5. The highest BCUT2D eigenvalue weighted by Gasteiger charge is 2.50. The van der Waals surface area contributed by atoms with E-state index in [1.54, 1.807) is 6.92 Å². The van der Waals surface area contributed by atoms with E-state index in [9.17, 15) is 4.57 Å². The Hall–Kier alpha value is -0.310. The van der Waals surface area contributed by atoms with Crippen LogP contribution in [0.25, 0.3) is 0 Å². The van der Waals surface area contributed by atoms with E-state index in [0.717, 1.165) is 5.76 Å². The first-order valence-electron chi connectivity index (χ1n) is 4.05. The van der Waals surface area contributed by atoms with Gasteiger partial charge in [-0.05, 0) is 19.9 Å². The van der Waals surface area contributed by atoms with E-state index >= 15 is 0 Å². The molecule has 5 heteroatoms. The van der Waals surface area contributed by atoms with E-state index in [2.05, 4.69) is 0 Å². The van der Waals surface area contributed by atoms with Crippen LogP contribution < -0.4 is 0 Å². The van der Waals surface area contributed by atoms with Crippen molar-refractivity contribution in [2.24, 2.45) is 0 Å². The average molecular weight is 206 g/mol. The minimum Gasteiger partial charge on any atom is -0.480 e. The second kappa shape index (κ2) is 3.45. The van der Waals surface area contributed by atoms with Gasteiger partial charge < -0.3 is 13.8 Å². The van der Waals surface area contributed by atoms with Gasteiger partial charge in [0.05, 0.1) is 5.76 Å². The van der Waals surface area contributed by atoms with Crippen molar-refractivity contribution in [3.05, 3.63) is 11.8 Å². The van der Waals surface area contributed by atoms with Gasteiger partial charge in [0.15, 0.2) is 0 Å². The van der Waals surface area contributed by atoms with Gasteiger partial charge >= 0.3 is 7.60 Å². The van der Waals surface area contributed by atoms with Crippen LogP contribution in [0.3, 0.4) is 0 Å². The van der Waals surface area contributed by atoms with E-state index in [1.165, 1.54) is 14.2 Å². The number of ether oxygens (including phenoxy) is 1. The maximum Gasteiger partial charge on any atom is 0.373 e. The smallest absolute Gasteiger partial charge is 0.373 e. The zero-order valence-corrected chi connectivity index (χ0v) is 9.26. The van der Waals surface area contributed by atoms with Gasteiger partial charge in [-0.3, -0.25) is 4.57 Å². The molecule has 1 aliphatic heterocycles. The van der Waals surface area contributed by atoms with E-state index < -0.39 is 12.9 Å². The number of hydrogen-bond donors (Lipinski definition) is 0. The van der Waals surface area contributed by atoms with Crippen LogP contribution in [-0.2, 0) is 18.3 Å². The average Bonchev–Trinajstić information content (AvgIpc) is 2.46. The molecule has 0 saturated heterocycles. The molecule has 1 heterocycles. The van der Waals surface area contributed by atoms with Gasteiger partial charge in [0.1, 0.15) is 0 Å². The van der Waals surface area contributed by atoms with Crippen molar-refractivity contribution in [2.75, 3.05) is 14.2 Å². The minimum absolute atomic E-state index is 0.553. The molecule has 4 nitrogen and oxygen atoms in total. The molecule has 0 spiro atoms. The molecule has 0 saturated carbocycles. The second-order valence-electron chi connectivity index (χ2n) is 3.16. The Morgan fingerprint density at radius 1 is 1.54 bits per heavy atom. The number of allylic oxidation sites excluding steroid dienone is 1. The molecule has 0 bridgehead atoms. The van der Waals surface area contributed by atoms with Crippen LogP contribution in [0, 0.1) is 0 Å². The van der Waals surface area contributed by atoms with Crippen LogP contribution in [-0.4, -0.2) is 19.6 Å². The molecule has 0 aliphatic carbocycles. The van der Waals surface area contributed by atoms with Crippen molar-refractivity contribution in [3.8, 4) is 0 Å². The summed E-state index contributed by atoms with van der Waals surface area (Å²) in [6, 6.07) is 0. The third kappa shape index (κ3) is 1.66. The summed E-state index contributed by atoms with van der Waals surface area (Å²) in [5.41, 5.74) is 0. The highest BCUT2D eigenvalue weighted by Crippen LogP contribution is 2.63. The highest BCUT2D eigenvalue weighted by molar-refractivity contribution is 7.55. The largest absolute Gasteiger partial charge is 0.480 e. The Bertz CT molecular complexity index is 265. The second-order valence-corrected chi connectivity index (χ2v) is 5.83. The standard InChI is InChI=1S/C8H15O4P/c1-7-5-6-8(2,12-7)13(9,10-3)11-4/h5H,6H2,1-4H3. The molecule has 0 fully saturated rings. The molecule has 1 atom stereocenters. The van der Waals surface area contributed by atoms with Crippen molar-refractivity contribution in [2.45, 2.75) is 25.6 Å². The fourth-order valence-corrected chi connectivity index (χ4v) is 2.88. The van der Waals surface area contributed by atoms with Crippen molar-refractivity contribution < 1.29 is 18.3 Å². The molecular formula is C8H15O4P. The molecule has 0 N–H and O–H groups in total. The van der Waals surface area contributed by atoms with Crippen LogP contribution in [0.4, 0.5) is 0 Å². The lowest BCUT2D eigenvalue weighted by molar-refractivity contribution is 0.0784. The maximum atomic E-state index is 12.0. The Morgan fingerprint density at radius 2 is 2.08 bits per heavy atom. The molecule has 13 heavy (non-hydrogen) atoms. The predicted molar refractivity (Wildman–Crippen MR) is 49.5 cm³/mol. The first-order valence-corrected chi connectivity index (χ1v) is 5.59. The van der Waals surface area contributed by atoms with Gasteiger partial charge in [-0.25, -0.2) is 0 Å². The van der Waals surface area contributed by atoms with Crippen LogP contribution in [0.5, 0.6) is 0 Å². The molecule has 0 aromatic rings. The molecule has 1 aliphatic rings. The Balaban J connectivity index is 2.88. The maximum absolute atomic E-state index is 12.0. The lowest BCUT2D eigenvalue weighted by Gasteiger charge is -2.30. The SMILES string of the molecule is COP(=O)(OC)C1(C)CC=C(C)O1. The minimum atomic E-state index is -3.15. The fraction of sp³-hybridized carbons (Fsp3) is 0.750. The molecule has 0 radical (unpaired) electrons. The van der Waals surface area contributed by atoms with Crippen LogP contribution in [0.15, 0.2) is 11.8 Å². The quantitative estimate of drug-likeness (QED) is 0.665. The topological polar surface area (TPSA) is 44.8 Å². The van der Waals surface area contributed by atoms with E-state index in [-0.39, 0.29) is 0 Å². The number of hydrogen-bond acceptors (Lipinski definition) is 4. The van der Waals surface area contributed by atoms with E-state index in [0.29, 0.717) is 6.42 Å². The summed E-state index contributed by atoms with van der Waals surface area (Å²) in [6.07, 6.45) is 2.43. The molecule has 0 aromatic heterocycles. The zero-order chi connectivity index (χ0) is 10.1. The van der Waals surface area contributed by atoms with Crippen molar-refractivity contribution >= 4 is 7.60 Å². The summed E-state index contributed by atoms with van der Waals surface area (Å²) in [6.45, 7) is 3.55. The van der Waals surface area contributed by atoms with E-state index in [1.807, 2.05) is 13.0 Å². The van der Waals surface area contributed by atoms with Gasteiger partial charge in [0.2, 0.25) is 5.34 Å². The molecular weight excluding hydrogens is 191 g/mol. The molecule has 0 amide bonds. The molecule has 76 valence electrons. The fourth-order valence-electron chi connectivity index (χ4n) is 1.39. The summed E-state index contributed by atoms with van der Waals surface area (Å²) in [5.74, 6) is 0.761. The first-order chi connectivity index (χ1) is 5.97. The van der Waals surface area contributed by atoms with Gasteiger partial charge in [-0.2, -0.15) is 0 Å². The Labute approximate surface area is 78.4 Å².